The molecular weight excluding hydrogens is 268 g/mol. The average molecular weight is 288 g/mol. The molecule has 0 aromatic carbocycles. The van der Waals surface area contributed by atoms with E-state index in [1.165, 1.54) is 0 Å². The van der Waals surface area contributed by atoms with Gasteiger partial charge in [-0.05, 0) is 31.4 Å². The summed E-state index contributed by atoms with van der Waals surface area (Å²) < 4.78 is 31.0. The molecule has 0 atom stereocenters. The molecule has 1 aliphatic rings. The zero-order valence-electron chi connectivity index (χ0n) is 10.8. The van der Waals surface area contributed by atoms with E-state index in [4.69, 9.17) is 9.25 Å². The first-order valence-corrected chi connectivity index (χ1v) is 8.07. The summed E-state index contributed by atoms with van der Waals surface area (Å²) in [5.74, 6) is 0.871. The van der Waals surface area contributed by atoms with E-state index in [9.17, 15) is 8.42 Å². The maximum Gasteiger partial charge on any atom is 0.299 e. The molecule has 1 aliphatic carbocycles. The molecule has 6 nitrogen and oxygen atoms in total. The highest BCUT2D eigenvalue weighted by Gasteiger charge is 2.21. The van der Waals surface area contributed by atoms with Crippen molar-refractivity contribution >= 4 is 10.2 Å². The summed E-state index contributed by atoms with van der Waals surface area (Å²) in [6, 6.07) is 3.75. The van der Waals surface area contributed by atoms with E-state index >= 15 is 0 Å². The van der Waals surface area contributed by atoms with Crippen molar-refractivity contribution in [3.8, 4) is 0 Å². The molecular formula is C12H20N2O4S. The minimum atomic E-state index is -3.54. The summed E-state index contributed by atoms with van der Waals surface area (Å²) in [6.07, 6.45) is 7.00. The Morgan fingerprint density at radius 1 is 1.37 bits per heavy atom. The summed E-state index contributed by atoms with van der Waals surface area (Å²) in [6.45, 7) is 0.312. The Hall–Kier alpha value is -0.890. The molecule has 2 rings (SSSR count). The smallest absolute Gasteiger partial charge is 0.299 e. The van der Waals surface area contributed by atoms with E-state index in [1.807, 2.05) is 12.1 Å². The number of hydrogen-bond donors (Lipinski definition) is 2. The van der Waals surface area contributed by atoms with Crippen LogP contribution in [-0.2, 0) is 21.5 Å². The van der Waals surface area contributed by atoms with Gasteiger partial charge in [0.15, 0.2) is 0 Å². The largest absolute Gasteiger partial charge is 0.469 e. The van der Waals surface area contributed by atoms with Crippen molar-refractivity contribution in [1.29, 1.82) is 0 Å². The second kappa shape index (κ2) is 7.04. The maximum atomic E-state index is 11.6. The fraction of sp³-hybridized carbons (Fsp3) is 0.667. The lowest BCUT2D eigenvalue weighted by atomic mass is 10.3. The van der Waals surface area contributed by atoms with Crippen LogP contribution in [0.5, 0.6) is 0 Å². The molecule has 0 spiro atoms. The summed E-state index contributed by atoms with van der Waals surface area (Å²) in [7, 11) is -3.54. The number of nitrogens with one attached hydrogen (secondary N) is 2. The van der Waals surface area contributed by atoms with Gasteiger partial charge in [0.2, 0.25) is 0 Å². The highest BCUT2D eigenvalue weighted by Crippen LogP contribution is 2.17. The number of aryl methyl sites for hydroxylation is 1. The quantitative estimate of drug-likeness (QED) is 0.561. The molecule has 0 aliphatic heterocycles. The first-order chi connectivity index (χ1) is 9.16. The van der Waals surface area contributed by atoms with Gasteiger partial charge in [0.1, 0.15) is 5.76 Å². The standard InChI is InChI=1S/C12H20N2O4S/c15-19(16,13-11-5-1-2-6-11)14-18-10-4-8-12-7-3-9-17-12/h3,7,9,11,13-14H,1-2,4-6,8,10H2. The van der Waals surface area contributed by atoms with Gasteiger partial charge >= 0.3 is 0 Å². The normalized spacial score (nSPS) is 17.1. The third-order valence-electron chi connectivity index (χ3n) is 3.10. The van der Waals surface area contributed by atoms with Crippen molar-refractivity contribution < 1.29 is 17.7 Å². The van der Waals surface area contributed by atoms with Crippen LogP contribution in [0.4, 0.5) is 0 Å². The summed E-state index contributed by atoms with van der Waals surface area (Å²) in [5.41, 5.74) is 0. The van der Waals surface area contributed by atoms with Crippen LogP contribution in [0.25, 0.3) is 0 Å². The molecule has 1 heterocycles. The van der Waals surface area contributed by atoms with Crippen LogP contribution in [0.1, 0.15) is 37.9 Å². The lowest BCUT2D eigenvalue weighted by Crippen LogP contribution is -2.41. The van der Waals surface area contributed by atoms with Gasteiger partial charge in [-0.3, -0.25) is 4.84 Å². The van der Waals surface area contributed by atoms with E-state index in [0.29, 0.717) is 13.0 Å². The lowest BCUT2D eigenvalue weighted by Gasteiger charge is -2.12. The maximum absolute atomic E-state index is 11.6. The fourth-order valence-electron chi connectivity index (χ4n) is 2.18. The zero-order valence-corrected chi connectivity index (χ0v) is 11.6. The van der Waals surface area contributed by atoms with Gasteiger partial charge in [0.25, 0.3) is 10.2 Å². The van der Waals surface area contributed by atoms with Crippen LogP contribution in [0.3, 0.4) is 0 Å². The van der Waals surface area contributed by atoms with Crippen LogP contribution in [-0.4, -0.2) is 21.1 Å². The molecule has 1 aromatic heterocycles. The Balaban J connectivity index is 1.58. The van der Waals surface area contributed by atoms with E-state index < -0.39 is 10.2 Å². The van der Waals surface area contributed by atoms with Gasteiger partial charge in [0.05, 0.1) is 12.9 Å². The first-order valence-electron chi connectivity index (χ1n) is 6.59. The van der Waals surface area contributed by atoms with Gasteiger partial charge in [-0.2, -0.15) is 13.1 Å². The van der Waals surface area contributed by atoms with Crippen LogP contribution >= 0.6 is 0 Å². The van der Waals surface area contributed by atoms with Crippen molar-refractivity contribution in [3.63, 3.8) is 0 Å². The zero-order chi connectivity index (χ0) is 13.6. The molecule has 2 N–H and O–H groups in total. The minimum Gasteiger partial charge on any atom is -0.469 e. The summed E-state index contributed by atoms with van der Waals surface area (Å²) >= 11 is 0. The molecule has 0 bridgehead atoms. The van der Waals surface area contributed by atoms with Crippen LogP contribution < -0.4 is 9.61 Å². The fourth-order valence-corrected chi connectivity index (χ4v) is 3.14. The van der Waals surface area contributed by atoms with Gasteiger partial charge in [0, 0.05) is 12.5 Å². The third kappa shape index (κ3) is 5.32. The highest BCUT2D eigenvalue weighted by molar-refractivity contribution is 7.87. The predicted molar refractivity (Wildman–Crippen MR) is 70.4 cm³/mol. The van der Waals surface area contributed by atoms with Crippen molar-refractivity contribution in [2.24, 2.45) is 0 Å². The average Bonchev–Trinajstić information content (AvgIpc) is 3.00. The van der Waals surface area contributed by atoms with E-state index in [-0.39, 0.29) is 6.04 Å². The van der Waals surface area contributed by atoms with Crippen molar-refractivity contribution in [1.82, 2.24) is 9.61 Å². The van der Waals surface area contributed by atoms with Crippen LogP contribution in [0.2, 0.25) is 0 Å². The number of rotatable bonds is 8. The van der Waals surface area contributed by atoms with E-state index in [1.54, 1.807) is 6.26 Å². The molecule has 108 valence electrons. The Kier molecular flexibility index (Phi) is 5.38. The van der Waals surface area contributed by atoms with Crippen molar-refractivity contribution in [3.05, 3.63) is 24.2 Å². The van der Waals surface area contributed by atoms with E-state index in [2.05, 4.69) is 9.61 Å². The number of hydrogen-bond acceptors (Lipinski definition) is 4. The van der Waals surface area contributed by atoms with Crippen LogP contribution in [0, 0.1) is 0 Å². The predicted octanol–water partition coefficient (Wildman–Crippen LogP) is 1.51. The second-order valence-corrected chi connectivity index (χ2v) is 6.13. The highest BCUT2D eigenvalue weighted by atomic mass is 32.2. The Bertz CT molecular complexity index is 452. The van der Waals surface area contributed by atoms with Crippen LogP contribution in [0.15, 0.2) is 22.8 Å². The Labute approximate surface area is 113 Å². The van der Waals surface area contributed by atoms with Gasteiger partial charge in [-0.1, -0.05) is 17.7 Å². The Morgan fingerprint density at radius 3 is 2.84 bits per heavy atom. The molecule has 1 saturated carbocycles. The third-order valence-corrected chi connectivity index (χ3v) is 4.08. The SMILES string of the molecule is O=S(=O)(NOCCCc1ccco1)NC1CCCC1. The molecule has 0 radical (unpaired) electrons. The summed E-state index contributed by atoms with van der Waals surface area (Å²) in [4.78, 5) is 7.06. The first kappa shape index (κ1) is 14.5. The monoisotopic (exact) mass is 288 g/mol. The van der Waals surface area contributed by atoms with E-state index in [0.717, 1.165) is 37.9 Å². The van der Waals surface area contributed by atoms with Crippen molar-refractivity contribution in [2.75, 3.05) is 6.61 Å². The van der Waals surface area contributed by atoms with Gasteiger partial charge in [-0.25, -0.2) is 0 Å². The molecule has 0 saturated heterocycles. The molecule has 7 heteroatoms. The molecule has 1 aromatic rings. The minimum absolute atomic E-state index is 0.0456. The number of furan rings is 1. The Morgan fingerprint density at radius 2 is 2.16 bits per heavy atom. The molecule has 0 amide bonds. The molecule has 1 fully saturated rings. The topological polar surface area (TPSA) is 80.6 Å². The lowest BCUT2D eigenvalue weighted by molar-refractivity contribution is 0.0893. The molecule has 0 unspecified atom stereocenters. The molecule has 19 heavy (non-hydrogen) atoms. The second-order valence-electron chi connectivity index (χ2n) is 4.72. The van der Waals surface area contributed by atoms with Gasteiger partial charge in [-0.15, -0.1) is 0 Å². The van der Waals surface area contributed by atoms with Crippen molar-refractivity contribution in [2.45, 2.75) is 44.6 Å². The van der Waals surface area contributed by atoms with Gasteiger partial charge < -0.3 is 4.42 Å². The summed E-state index contributed by atoms with van der Waals surface area (Å²) in [5, 5.41) is 0.